The molecule has 136 valence electrons. The Hall–Kier alpha value is -2.10. The van der Waals surface area contributed by atoms with Gasteiger partial charge in [0.2, 0.25) is 0 Å². The van der Waals surface area contributed by atoms with Crippen LogP contribution in [0.3, 0.4) is 0 Å². The average molecular weight is 456 g/mol. The minimum atomic E-state index is 0. The summed E-state index contributed by atoms with van der Waals surface area (Å²) in [7, 11) is 5.23. The number of guanidine groups is 1. The van der Waals surface area contributed by atoms with Crippen molar-refractivity contribution >= 4 is 35.8 Å². The number of rotatable bonds is 6. The standard InChI is InChI=1S/C17H24N6O.HI/c1-18-17(19-10-12-23-11-4-9-21-23)20-13-14-5-7-15(8-6-14)16(24)22(2)3;/h4-9,11H,10,12-13H2,1-3H3,(H2,18,19,20);1H. The van der Waals surface area contributed by atoms with Gasteiger partial charge in [-0.25, -0.2) is 0 Å². The number of amides is 1. The zero-order valence-corrected chi connectivity index (χ0v) is 17.1. The summed E-state index contributed by atoms with van der Waals surface area (Å²) in [5.41, 5.74) is 1.77. The van der Waals surface area contributed by atoms with Crippen molar-refractivity contribution in [2.45, 2.75) is 13.1 Å². The van der Waals surface area contributed by atoms with Gasteiger partial charge in [0.05, 0.1) is 6.54 Å². The number of nitrogens with zero attached hydrogens (tertiary/aromatic N) is 4. The van der Waals surface area contributed by atoms with Crippen LogP contribution >= 0.6 is 24.0 Å². The van der Waals surface area contributed by atoms with Gasteiger partial charge in [0.1, 0.15) is 0 Å². The molecular weight excluding hydrogens is 431 g/mol. The van der Waals surface area contributed by atoms with Gasteiger partial charge in [-0.15, -0.1) is 24.0 Å². The number of carbonyl (C=O) groups is 1. The molecule has 0 aliphatic rings. The zero-order chi connectivity index (χ0) is 17.4. The average Bonchev–Trinajstić information content (AvgIpc) is 3.11. The number of hydrogen-bond donors (Lipinski definition) is 2. The summed E-state index contributed by atoms with van der Waals surface area (Å²) in [6.45, 7) is 2.14. The van der Waals surface area contributed by atoms with Crippen LogP contribution in [0.4, 0.5) is 0 Å². The molecule has 0 aliphatic carbocycles. The van der Waals surface area contributed by atoms with E-state index in [1.54, 1.807) is 32.2 Å². The SMILES string of the molecule is CN=C(NCCn1cccn1)NCc1ccc(C(=O)N(C)C)cc1.I. The second-order valence-corrected chi connectivity index (χ2v) is 5.52. The molecule has 2 rings (SSSR count). The highest BCUT2D eigenvalue weighted by Crippen LogP contribution is 2.06. The molecule has 0 aliphatic heterocycles. The quantitative estimate of drug-likeness (QED) is 0.393. The van der Waals surface area contributed by atoms with Gasteiger partial charge in [0.25, 0.3) is 5.91 Å². The number of aromatic nitrogens is 2. The first-order chi connectivity index (χ1) is 11.6. The minimum absolute atomic E-state index is 0. The van der Waals surface area contributed by atoms with Crippen molar-refractivity contribution in [3.05, 3.63) is 53.9 Å². The third-order valence-electron chi connectivity index (χ3n) is 3.48. The van der Waals surface area contributed by atoms with E-state index in [0.717, 1.165) is 24.6 Å². The largest absolute Gasteiger partial charge is 0.355 e. The lowest BCUT2D eigenvalue weighted by molar-refractivity contribution is 0.0827. The molecule has 8 heteroatoms. The Morgan fingerprint density at radius 3 is 2.52 bits per heavy atom. The van der Waals surface area contributed by atoms with Crippen LogP contribution < -0.4 is 10.6 Å². The first-order valence-corrected chi connectivity index (χ1v) is 7.82. The predicted octanol–water partition coefficient (Wildman–Crippen LogP) is 1.57. The number of carbonyl (C=O) groups excluding carboxylic acids is 1. The van der Waals surface area contributed by atoms with Crippen LogP contribution in [0.2, 0.25) is 0 Å². The zero-order valence-electron chi connectivity index (χ0n) is 14.8. The molecule has 0 fully saturated rings. The Balaban J connectivity index is 0.00000312. The van der Waals surface area contributed by atoms with Crippen LogP contribution in [0.5, 0.6) is 0 Å². The Labute approximate surface area is 165 Å². The highest BCUT2D eigenvalue weighted by Gasteiger charge is 2.07. The van der Waals surface area contributed by atoms with E-state index in [-0.39, 0.29) is 29.9 Å². The van der Waals surface area contributed by atoms with Gasteiger partial charge in [0.15, 0.2) is 5.96 Å². The fourth-order valence-corrected chi connectivity index (χ4v) is 2.15. The van der Waals surface area contributed by atoms with Crippen LogP contribution in [0.25, 0.3) is 0 Å². The van der Waals surface area contributed by atoms with Gasteiger partial charge in [-0.3, -0.25) is 14.5 Å². The Morgan fingerprint density at radius 2 is 1.96 bits per heavy atom. The lowest BCUT2D eigenvalue weighted by Gasteiger charge is -2.13. The number of aliphatic imine (C=N–C) groups is 1. The van der Waals surface area contributed by atoms with E-state index >= 15 is 0 Å². The Morgan fingerprint density at radius 1 is 1.24 bits per heavy atom. The van der Waals surface area contributed by atoms with Crippen molar-refractivity contribution in [3.8, 4) is 0 Å². The smallest absolute Gasteiger partial charge is 0.253 e. The van der Waals surface area contributed by atoms with Crippen molar-refractivity contribution in [1.29, 1.82) is 0 Å². The van der Waals surface area contributed by atoms with Crippen LogP contribution in [-0.2, 0) is 13.1 Å². The minimum Gasteiger partial charge on any atom is -0.355 e. The second kappa shape index (κ2) is 10.7. The summed E-state index contributed by atoms with van der Waals surface area (Å²) in [6.07, 6.45) is 3.69. The van der Waals surface area contributed by atoms with E-state index in [1.807, 2.05) is 41.2 Å². The van der Waals surface area contributed by atoms with E-state index in [0.29, 0.717) is 12.1 Å². The highest BCUT2D eigenvalue weighted by molar-refractivity contribution is 14.0. The maximum absolute atomic E-state index is 11.9. The van der Waals surface area contributed by atoms with Crippen LogP contribution in [-0.4, -0.2) is 54.2 Å². The molecule has 2 N–H and O–H groups in total. The number of hydrogen-bond acceptors (Lipinski definition) is 3. The lowest BCUT2D eigenvalue weighted by Crippen LogP contribution is -2.38. The molecule has 7 nitrogen and oxygen atoms in total. The maximum atomic E-state index is 11.9. The summed E-state index contributed by atoms with van der Waals surface area (Å²) in [4.78, 5) is 17.6. The number of benzene rings is 1. The first-order valence-electron chi connectivity index (χ1n) is 7.82. The number of halogens is 1. The molecular formula is C17H25IN6O. The molecule has 2 aromatic rings. The first kappa shape index (κ1) is 20.9. The summed E-state index contributed by atoms with van der Waals surface area (Å²) in [5.74, 6) is 0.737. The molecule has 0 atom stereocenters. The topological polar surface area (TPSA) is 74.5 Å². The molecule has 1 aromatic carbocycles. The molecule has 0 unspecified atom stereocenters. The van der Waals surface area contributed by atoms with Crippen molar-refractivity contribution in [1.82, 2.24) is 25.3 Å². The van der Waals surface area contributed by atoms with E-state index in [1.165, 1.54) is 0 Å². The van der Waals surface area contributed by atoms with Gasteiger partial charge >= 0.3 is 0 Å². The van der Waals surface area contributed by atoms with Crippen molar-refractivity contribution in [2.24, 2.45) is 4.99 Å². The molecule has 25 heavy (non-hydrogen) atoms. The normalized spacial score (nSPS) is 10.8. The fraction of sp³-hybridized carbons (Fsp3) is 0.353. The van der Waals surface area contributed by atoms with E-state index in [4.69, 9.17) is 0 Å². The third-order valence-corrected chi connectivity index (χ3v) is 3.48. The molecule has 0 radical (unpaired) electrons. The van der Waals surface area contributed by atoms with Gasteiger partial charge in [-0.1, -0.05) is 12.1 Å². The molecule has 1 heterocycles. The summed E-state index contributed by atoms with van der Waals surface area (Å²) >= 11 is 0. The molecule has 1 amide bonds. The van der Waals surface area contributed by atoms with E-state index < -0.39 is 0 Å². The summed E-state index contributed by atoms with van der Waals surface area (Å²) in [6, 6.07) is 9.47. The van der Waals surface area contributed by atoms with Crippen LogP contribution in [0.15, 0.2) is 47.7 Å². The molecule has 0 saturated carbocycles. The second-order valence-electron chi connectivity index (χ2n) is 5.52. The molecule has 0 spiro atoms. The molecule has 1 aromatic heterocycles. The van der Waals surface area contributed by atoms with E-state index in [9.17, 15) is 4.79 Å². The van der Waals surface area contributed by atoms with Gasteiger partial charge < -0.3 is 15.5 Å². The van der Waals surface area contributed by atoms with Crippen molar-refractivity contribution in [2.75, 3.05) is 27.7 Å². The fourth-order valence-electron chi connectivity index (χ4n) is 2.15. The van der Waals surface area contributed by atoms with Crippen molar-refractivity contribution in [3.63, 3.8) is 0 Å². The van der Waals surface area contributed by atoms with Gasteiger partial charge in [-0.2, -0.15) is 5.10 Å². The van der Waals surface area contributed by atoms with Crippen molar-refractivity contribution < 1.29 is 4.79 Å². The maximum Gasteiger partial charge on any atom is 0.253 e. The van der Waals surface area contributed by atoms with Crippen LogP contribution in [0, 0.1) is 0 Å². The number of nitrogens with one attached hydrogen (secondary N) is 2. The summed E-state index contributed by atoms with van der Waals surface area (Å²) in [5, 5.41) is 10.6. The Bertz CT molecular complexity index is 667. The third kappa shape index (κ3) is 6.73. The predicted molar refractivity (Wildman–Crippen MR) is 110 cm³/mol. The summed E-state index contributed by atoms with van der Waals surface area (Å²) < 4.78 is 1.86. The lowest BCUT2D eigenvalue weighted by atomic mass is 10.1. The Kier molecular flexibility index (Phi) is 8.96. The van der Waals surface area contributed by atoms with Gasteiger partial charge in [-0.05, 0) is 23.8 Å². The van der Waals surface area contributed by atoms with E-state index in [2.05, 4.69) is 20.7 Å². The van der Waals surface area contributed by atoms with Crippen LogP contribution in [0.1, 0.15) is 15.9 Å². The molecule has 0 bridgehead atoms. The monoisotopic (exact) mass is 456 g/mol. The highest BCUT2D eigenvalue weighted by atomic mass is 127. The van der Waals surface area contributed by atoms with Gasteiger partial charge in [0, 0.05) is 52.2 Å². The molecule has 0 saturated heterocycles.